The van der Waals surface area contributed by atoms with Crippen molar-refractivity contribution < 1.29 is 19.1 Å². The Kier molecular flexibility index (Phi) is 5.81. The Bertz CT molecular complexity index is 1150. The largest absolute Gasteiger partial charge is 0.494 e. The van der Waals surface area contributed by atoms with E-state index in [4.69, 9.17) is 14.9 Å². The Morgan fingerprint density at radius 2 is 2.10 bits per heavy atom. The van der Waals surface area contributed by atoms with Crippen LogP contribution in [0, 0.1) is 0 Å². The third-order valence-corrected chi connectivity index (χ3v) is 4.86. The molecule has 2 aromatic heterocycles. The van der Waals surface area contributed by atoms with Gasteiger partial charge < -0.3 is 24.6 Å². The van der Waals surface area contributed by atoms with Gasteiger partial charge in [0.05, 0.1) is 25.3 Å². The van der Waals surface area contributed by atoms with Gasteiger partial charge >= 0.3 is 0 Å². The van der Waals surface area contributed by atoms with E-state index in [9.17, 15) is 9.90 Å². The van der Waals surface area contributed by atoms with Gasteiger partial charge in [0.2, 0.25) is 0 Å². The molecule has 154 valence electrons. The van der Waals surface area contributed by atoms with Crippen molar-refractivity contribution in [2.75, 3.05) is 6.61 Å². The average molecular weight is 405 g/mol. The van der Waals surface area contributed by atoms with Gasteiger partial charge in [-0.3, -0.25) is 4.79 Å². The summed E-state index contributed by atoms with van der Waals surface area (Å²) in [5, 5.41) is 12.3. The van der Waals surface area contributed by atoms with Gasteiger partial charge in [-0.25, -0.2) is 4.98 Å². The summed E-state index contributed by atoms with van der Waals surface area (Å²) in [5.41, 5.74) is 6.33. The van der Waals surface area contributed by atoms with Crippen LogP contribution in [-0.4, -0.2) is 33.3 Å². The summed E-state index contributed by atoms with van der Waals surface area (Å²) in [6, 6.07) is 15.8. The minimum Gasteiger partial charge on any atom is -0.494 e. The second kappa shape index (κ2) is 8.84. The van der Waals surface area contributed by atoms with Crippen LogP contribution in [0.2, 0.25) is 0 Å². The lowest BCUT2D eigenvalue weighted by atomic mass is 10.1. The number of aliphatic hydroxyl groups excluding tert-OH is 1. The molecule has 0 radical (unpaired) electrons. The molecule has 0 fully saturated rings. The Morgan fingerprint density at radius 3 is 2.93 bits per heavy atom. The summed E-state index contributed by atoms with van der Waals surface area (Å²) in [4.78, 5) is 15.0. The molecule has 0 saturated heterocycles. The number of aromatic nitrogens is 2. The highest BCUT2D eigenvalue weighted by molar-refractivity contribution is 5.94. The number of aliphatic hydroxyl groups is 1. The molecule has 2 aromatic carbocycles. The van der Waals surface area contributed by atoms with Crippen LogP contribution in [0.3, 0.4) is 0 Å². The van der Waals surface area contributed by atoms with Crippen LogP contribution in [0.4, 0.5) is 0 Å². The average Bonchev–Trinajstić information content (AvgIpc) is 3.39. The lowest BCUT2D eigenvalue weighted by Crippen LogP contribution is -2.16. The monoisotopic (exact) mass is 405 g/mol. The highest BCUT2D eigenvalue weighted by atomic mass is 16.5. The van der Waals surface area contributed by atoms with Crippen LogP contribution < -0.4 is 10.5 Å². The van der Waals surface area contributed by atoms with Crippen LogP contribution in [0.1, 0.15) is 23.3 Å². The van der Waals surface area contributed by atoms with Gasteiger partial charge in [-0.15, -0.1) is 0 Å². The minimum atomic E-state index is -0.582. The number of carbonyl (C=O) groups excluding carboxylic acids is 1. The van der Waals surface area contributed by atoms with Crippen LogP contribution in [-0.2, 0) is 6.54 Å². The van der Waals surface area contributed by atoms with Crippen molar-refractivity contribution in [2.45, 2.75) is 25.5 Å². The molecule has 7 heteroatoms. The van der Waals surface area contributed by atoms with Crippen LogP contribution in [0.25, 0.3) is 22.1 Å². The standard InChI is InChI=1S/C23H23N3O4/c24-23(28)21-13-26(15-25-21)12-18(27)7-4-10-29-19-8-3-6-16(11-19)22-20-9-2-1-5-17(20)14-30-22/h1-3,5-6,8-9,11,13-15,18,27H,4,7,10,12H2,(H2,24,28)/t18-/m0/s1. The minimum absolute atomic E-state index is 0.190. The van der Waals surface area contributed by atoms with Crippen LogP contribution in [0.5, 0.6) is 5.75 Å². The fourth-order valence-corrected chi connectivity index (χ4v) is 3.37. The van der Waals surface area contributed by atoms with Gasteiger partial charge in [0.25, 0.3) is 5.91 Å². The third kappa shape index (κ3) is 4.52. The fourth-order valence-electron chi connectivity index (χ4n) is 3.37. The molecule has 30 heavy (non-hydrogen) atoms. The number of nitrogens with two attached hydrogens (primary N) is 1. The van der Waals surface area contributed by atoms with Gasteiger partial charge in [0.1, 0.15) is 17.2 Å². The zero-order valence-electron chi connectivity index (χ0n) is 16.4. The number of carbonyl (C=O) groups is 1. The predicted octanol–water partition coefficient (Wildman–Crippen LogP) is 3.62. The topological polar surface area (TPSA) is 104 Å². The number of primary amides is 1. The zero-order chi connectivity index (χ0) is 20.9. The Morgan fingerprint density at radius 1 is 1.23 bits per heavy atom. The van der Waals surface area contributed by atoms with Crippen molar-refractivity contribution in [1.82, 2.24) is 9.55 Å². The summed E-state index contributed by atoms with van der Waals surface area (Å²) in [5.74, 6) is 0.992. The molecule has 0 bridgehead atoms. The van der Waals surface area contributed by atoms with Crippen molar-refractivity contribution in [1.29, 1.82) is 0 Å². The van der Waals surface area contributed by atoms with E-state index in [1.807, 2.05) is 48.5 Å². The van der Waals surface area contributed by atoms with Crippen molar-refractivity contribution >= 4 is 16.7 Å². The molecule has 0 aliphatic heterocycles. The highest BCUT2D eigenvalue weighted by Crippen LogP contribution is 2.32. The maximum atomic E-state index is 11.1. The van der Waals surface area contributed by atoms with E-state index in [2.05, 4.69) is 4.98 Å². The van der Waals surface area contributed by atoms with Crippen molar-refractivity contribution in [3.63, 3.8) is 0 Å². The van der Waals surface area contributed by atoms with E-state index >= 15 is 0 Å². The molecular weight excluding hydrogens is 382 g/mol. The van der Waals surface area contributed by atoms with Crippen LogP contribution >= 0.6 is 0 Å². The molecular formula is C23H23N3O4. The summed E-state index contributed by atoms with van der Waals surface area (Å²) in [7, 11) is 0. The number of fused-ring (bicyclic) bond motifs is 1. The Hall–Kier alpha value is -3.58. The molecule has 4 rings (SSSR count). The number of benzene rings is 2. The first-order valence-corrected chi connectivity index (χ1v) is 9.79. The molecule has 2 heterocycles. The smallest absolute Gasteiger partial charge is 0.268 e. The summed E-state index contributed by atoms with van der Waals surface area (Å²) in [6.45, 7) is 0.831. The first kappa shape index (κ1) is 19.7. The Labute approximate surface area is 173 Å². The SMILES string of the molecule is NC(=O)c1cn(C[C@@H](O)CCCOc2cccc(-c3occ4ccccc34)c2)cn1. The number of imidazole rings is 1. The number of ether oxygens (including phenoxy) is 1. The van der Waals surface area contributed by atoms with E-state index in [0.717, 1.165) is 27.8 Å². The number of rotatable bonds is 9. The van der Waals surface area contributed by atoms with E-state index in [1.165, 1.54) is 12.5 Å². The van der Waals surface area contributed by atoms with Crippen molar-refractivity contribution in [2.24, 2.45) is 5.73 Å². The van der Waals surface area contributed by atoms with Gasteiger partial charge in [-0.1, -0.05) is 36.4 Å². The van der Waals surface area contributed by atoms with E-state index in [0.29, 0.717) is 26.0 Å². The second-order valence-corrected chi connectivity index (χ2v) is 7.14. The molecule has 3 N–H and O–H groups in total. The van der Waals surface area contributed by atoms with E-state index < -0.39 is 12.0 Å². The highest BCUT2D eigenvalue weighted by Gasteiger charge is 2.11. The molecule has 0 aliphatic carbocycles. The van der Waals surface area contributed by atoms with E-state index in [1.54, 1.807) is 10.8 Å². The van der Waals surface area contributed by atoms with Gasteiger partial charge in [-0.05, 0) is 25.0 Å². The van der Waals surface area contributed by atoms with Gasteiger partial charge in [0, 0.05) is 29.1 Å². The molecule has 0 saturated carbocycles. The second-order valence-electron chi connectivity index (χ2n) is 7.14. The summed E-state index contributed by atoms with van der Waals surface area (Å²) < 4.78 is 13.3. The van der Waals surface area contributed by atoms with Crippen molar-refractivity contribution in [3.8, 4) is 17.1 Å². The predicted molar refractivity (Wildman–Crippen MR) is 113 cm³/mol. The summed E-state index contributed by atoms with van der Waals surface area (Å²) >= 11 is 0. The number of hydrogen-bond acceptors (Lipinski definition) is 5. The third-order valence-electron chi connectivity index (χ3n) is 4.86. The molecule has 0 spiro atoms. The van der Waals surface area contributed by atoms with Gasteiger partial charge in [0.15, 0.2) is 0 Å². The molecule has 7 nitrogen and oxygen atoms in total. The number of furan rings is 1. The lowest BCUT2D eigenvalue weighted by Gasteiger charge is -2.12. The lowest BCUT2D eigenvalue weighted by molar-refractivity contribution is 0.0995. The summed E-state index contributed by atoms with van der Waals surface area (Å²) in [6.07, 6.45) is 5.46. The maximum Gasteiger partial charge on any atom is 0.268 e. The number of amides is 1. The maximum absolute atomic E-state index is 11.1. The van der Waals surface area contributed by atoms with Crippen molar-refractivity contribution in [3.05, 3.63) is 73.0 Å². The van der Waals surface area contributed by atoms with E-state index in [-0.39, 0.29) is 5.69 Å². The molecule has 0 aliphatic rings. The first-order valence-electron chi connectivity index (χ1n) is 9.79. The fraction of sp³-hybridized carbons (Fsp3) is 0.217. The molecule has 1 atom stereocenters. The molecule has 0 unspecified atom stereocenters. The van der Waals surface area contributed by atoms with Crippen LogP contribution in [0.15, 0.2) is 71.7 Å². The molecule has 1 amide bonds. The zero-order valence-corrected chi connectivity index (χ0v) is 16.4. The normalized spacial score (nSPS) is 12.2. The quantitative estimate of drug-likeness (QED) is 0.414. The number of nitrogens with zero attached hydrogens (tertiary/aromatic N) is 2. The van der Waals surface area contributed by atoms with Gasteiger partial charge in [-0.2, -0.15) is 0 Å². The Balaban J connectivity index is 1.29. The first-order chi connectivity index (χ1) is 14.6. The number of hydrogen-bond donors (Lipinski definition) is 2. The molecule has 4 aromatic rings.